The Morgan fingerprint density at radius 2 is 1.74 bits per heavy atom. The standard InChI is InChI=1S/C34H31ClN4O4/c35-26-8-4-9-27(19-26)37-14-16-38(17-15-37)33(40)20-28(25-11-12-30-32(18-25)43-23-42-30)29-21-36-34-31(10-5-13-39(29)34)41-22-24-6-2-1-3-7-24/h1-13,18-19,21,28H,14-17,20,22-23H2. The summed E-state index contributed by atoms with van der Waals surface area (Å²) in [6.07, 6.45) is 4.12. The van der Waals surface area contributed by atoms with Gasteiger partial charge in [-0.25, -0.2) is 4.98 Å². The molecule has 0 radical (unpaired) electrons. The molecule has 1 fully saturated rings. The number of hydrogen-bond donors (Lipinski definition) is 0. The number of anilines is 1. The fourth-order valence-corrected chi connectivity index (χ4v) is 6.01. The highest BCUT2D eigenvalue weighted by atomic mass is 35.5. The number of carbonyl (C=O) groups is 1. The molecule has 0 spiro atoms. The van der Waals surface area contributed by atoms with Gasteiger partial charge in [-0.3, -0.25) is 4.79 Å². The summed E-state index contributed by atoms with van der Waals surface area (Å²) in [5.41, 5.74) is 4.74. The second-order valence-electron chi connectivity index (χ2n) is 10.7. The van der Waals surface area contributed by atoms with Crippen LogP contribution >= 0.6 is 11.6 Å². The zero-order chi connectivity index (χ0) is 29.2. The number of aromatic nitrogens is 2. The molecule has 2 aliphatic heterocycles. The Hall–Kier alpha value is -4.69. The molecule has 2 aliphatic rings. The number of rotatable bonds is 8. The zero-order valence-electron chi connectivity index (χ0n) is 23.6. The lowest BCUT2D eigenvalue weighted by molar-refractivity contribution is -0.131. The van der Waals surface area contributed by atoms with Gasteiger partial charge in [-0.05, 0) is 53.6 Å². The van der Waals surface area contributed by atoms with Crippen molar-refractivity contribution in [1.29, 1.82) is 0 Å². The first kappa shape index (κ1) is 27.2. The lowest BCUT2D eigenvalue weighted by Crippen LogP contribution is -2.49. The predicted octanol–water partition coefficient (Wildman–Crippen LogP) is 6.17. The number of benzene rings is 3. The normalized spacial score (nSPS) is 15.1. The van der Waals surface area contributed by atoms with Gasteiger partial charge in [0.2, 0.25) is 12.7 Å². The van der Waals surface area contributed by atoms with Gasteiger partial charge >= 0.3 is 0 Å². The molecule has 4 heterocycles. The molecule has 1 atom stereocenters. The van der Waals surface area contributed by atoms with Crippen LogP contribution in [0.4, 0.5) is 5.69 Å². The maximum atomic E-state index is 13.8. The molecule has 0 aliphatic carbocycles. The second kappa shape index (κ2) is 11.9. The average Bonchev–Trinajstić information content (AvgIpc) is 3.70. The van der Waals surface area contributed by atoms with Crippen molar-refractivity contribution in [3.8, 4) is 17.2 Å². The van der Waals surface area contributed by atoms with E-state index in [2.05, 4.69) is 11.0 Å². The second-order valence-corrected chi connectivity index (χ2v) is 11.2. The van der Waals surface area contributed by atoms with Gasteiger partial charge in [-0.15, -0.1) is 0 Å². The van der Waals surface area contributed by atoms with Crippen LogP contribution in [0.15, 0.2) is 97.3 Å². The quantitative estimate of drug-likeness (QED) is 0.214. The minimum Gasteiger partial charge on any atom is -0.485 e. The van der Waals surface area contributed by atoms with E-state index in [0.717, 1.165) is 35.6 Å². The highest BCUT2D eigenvalue weighted by molar-refractivity contribution is 6.30. The van der Waals surface area contributed by atoms with E-state index in [0.29, 0.717) is 54.0 Å². The lowest BCUT2D eigenvalue weighted by Gasteiger charge is -2.36. The van der Waals surface area contributed by atoms with Gasteiger partial charge in [0.15, 0.2) is 22.9 Å². The molecule has 9 heteroatoms. The fourth-order valence-electron chi connectivity index (χ4n) is 5.82. The number of pyridine rings is 1. The van der Waals surface area contributed by atoms with Gasteiger partial charge in [0.1, 0.15) is 6.61 Å². The third-order valence-corrected chi connectivity index (χ3v) is 8.34. The monoisotopic (exact) mass is 594 g/mol. The smallest absolute Gasteiger partial charge is 0.231 e. The minimum absolute atomic E-state index is 0.0971. The molecule has 218 valence electrons. The number of carbonyl (C=O) groups excluding carboxylic acids is 1. The minimum atomic E-state index is -0.257. The first-order chi connectivity index (χ1) is 21.1. The molecule has 0 bridgehead atoms. The predicted molar refractivity (Wildman–Crippen MR) is 165 cm³/mol. The highest BCUT2D eigenvalue weighted by Crippen LogP contribution is 2.38. The number of nitrogens with zero attached hydrogens (tertiary/aromatic N) is 4. The van der Waals surface area contributed by atoms with Crippen molar-refractivity contribution >= 4 is 28.8 Å². The van der Waals surface area contributed by atoms with Gasteiger partial charge in [-0.1, -0.05) is 54.1 Å². The molecule has 3 aromatic carbocycles. The van der Waals surface area contributed by atoms with E-state index in [-0.39, 0.29) is 18.6 Å². The lowest BCUT2D eigenvalue weighted by atomic mass is 9.91. The first-order valence-corrected chi connectivity index (χ1v) is 14.8. The maximum absolute atomic E-state index is 13.8. The Labute approximate surface area is 255 Å². The summed E-state index contributed by atoms with van der Waals surface area (Å²) >= 11 is 6.22. The van der Waals surface area contributed by atoms with E-state index >= 15 is 0 Å². The Kier molecular flexibility index (Phi) is 7.51. The number of amides is 1. The summed E-state index contributed by atoms with van der Waals surface area (Å²) in [4.78, 5) is 22.8. The van der Waals surface area contributed by atoms with E-state index in [1.807, 2.05) is 101 Å². The summed E-state index contributed by atoms with van der Waals surface area (Å²) < 4.78 is 19.5. The zero-order valence-corrected chi connectivity index (χ0v) is 24.3. The van der Waals surface area contributed by atoms with Crippen molar-refractivity contribution in [2.75, 3.05) is 37.9 Å². The van der Waals surface area contributed by atoms with Crippen molar-refractivity contribution in [1.82, 2.24) is 14.3 Å². The summed E-state index contributed by atoms with van der Waals surface area (Å²) in [5, 5.41) is 0.712. The van der Waals surface area contributed by atoms with Crippen molar-refractivity contribution in [3.05, 3.63) is 119 Å². The molecule has 43 heavy (non-hydrogen) atoms. The Morgan fingerprint density at radius 3 is 2.58 bits per heavy atom. The van der Waals surface area contributed by atoms with Crippen LogP contribution in [-0.4, -0.2) is 53.2 Å². The van der Waals surface area contributed by atoms with E-state index in [1.165, 1.54) is 0 Å². The van der Waals surface area contributed by atoms with Crippen LogP contribution in [0.5, 0.6) is 17.2 Å². The van der Waals surface area contributed by atoms with E-state index in [9.17, 15) is 4.79 Å². The number of piperazine rings is 1. The highest BCUT2D eigenvalue weighted by Gasteiger charge is 2.29. The van der Waals surface area contributed by atoms with Gasteiger partial charge < -0.3 is 28.4 Å². The summed E-state index contributed by atoms with van der Waals surface area (Å²) in [6, 6.07) is 27.7. The van der Waals surface area contributed by atoms with Crippen molar-refractivity contribution in [3.63, 3.8) is 0 Å². The summed E-state index contributed by atoms with van der Waals surface area (Å²) in [6.45, 7) is 3.41. The number of imidazole rings is 1. The number of fused-ring (bicyclic) bond motifs is 2. The SMILES string of the molecule is O=C(CC(c1ccc2c(c1)OCO2)c1cnc2c(OCc3ccccc3)cccn12)N1CCN(c2cccc(Cl)c2)CC1. The van der Waals surface area contributed by atoms with Crippen LogP contribution in [0.3, 0.4) is 0 Å². The molecule has 0 N–H and O–H groups in total. The number of ether oxygens (including phenoxy) is 3. The van der Waals surface area contributed by atoms with E-state index < -0.39 is 0 Å². The molecule has 7 rings (SSSR count). The van der Waals surface area contributed by atoms with Crippen LogP contribution in [-0.2, 0) is 11.4 Å². The molecule has 1 saturated heterocycles. The summed E-state index contributed by atoms with van der Waals surface area (Å²) in [5.74, 6) is 1.92. The van der Waals surface area contributed by atoms with Gasteiger partial charge in [0, 0.05) is 61.6 Å². The third-order valence-electron chi connectivity index (χ3n) is 8.11. The van der Waals surface area contributed by atoms with Crippen molar-refractivity contribution < 1.29 is 19.0 Å². The Balaban J connectivity index is 1.15. The van der Waals surface area contributed by atoms with Crippen LogP contribution in [0.2, 0.25) is 5.02 Å². The molecule has 2 aromatic heterocycles. The van der Waals surface area contributed by atoms with Crippen LogP contribution in [0, 0.1) is 0 Å². The molecular formula is C34H31ClN4O4. The fraction of sp³-hybridized carbons (Fsp3) is 0.235. The summed E-state index contributed by atoms with van der Waals surface area (Å²) in [7, 11) is 0. The van der Waals surface area contributed by atoms with Gasteiger partial charge in [-0.2, -0.15) is 0 Å². The van der Waals surface area contributed by atoms with Crippen molar-refractivity contribution in [2.24, 2.45) is 0 Å². The topological polar surface area (TPSA) is 68.5 Å². The molecule has 1 unspecified atom stereocenters. The third kappa shape index (κ3) is 5.70. The maximum Gasteiger partial charge on any atom is 0.231 e. The molecule has 5 aromatic rings. The average molecular weight is 595 g/mol. The van der Waals surface area contributed by atoms with E-state index in [1.54, 1.807) is 0 Å². The van der Waals surface area contributed by atoms with Crippen LogP contribution < -0.4 is 19.1 Å². The van der Waals surface area contributed by atoms with Gasteiger partial charge in [0.25, 0.3) is 0 Å². The van der Waals surface area contributed by atoms with Crippen molar-refractivity contribution in [2.45, 2.75) is 18.9 Å². The Morgan fingerprint density at radius 1 is 0.907 bits per heavy atom. The largest absolute Gasteiger partial charge is 0.485 e. The number of halogens is 1. The van der Waals surface area contributed by atoms with E-state index in [4.69, 9.17) is 30.8 Å². The molecule has 8 nitrogen and oxygen atoms in total. The molecular weight excluding hydrogens is 564 g/mol. The Bertz CT molecular complexity index is 1750. The molecule has 1 amide bonds. The van der Waals surface area contributed by atoms with Crippen LogP contribution in [0.1, 0.15) is 29.2 Å². The van der Waals surface area contributed by atoms with Gasteiger partial charge in [0.05, 0.1) is 5.69 Å². The number of hydrogen-bond acceptors (Lipinski definition) is 6. The first-order valence-electron chi connectivity index (χ1n) is 14.4. The van der Waals surface area contributed by atoms with Crippen LogP contribution in [0.25, 0.3) is 5.65 Å². The molecule has 0 saturated carbocycles.